The molecule has 10 heteroatoms. The Balaban J connectivity index is 1.54. The smallest absolute Gasteiger partial charge is 0.197 e. The normalized spacial score (nSPS) is 13.4. The Kier molecular flexibility index (Phi) is 5.54. The van der Waals surface area contributed by atoms with Gasteiger partial charge in [0.2, 0.25) is 0 Å². The number of fused-ring (bicyclic) bond motifs is 2. The summed E-state index contributed by atoms with van der Waals surface area (Å²) in [4.78, 5) is 26.1. The highest BCUT2D eigenvalue weighted by Crippen LogP contribution is 2.51. The van der Waals surface area contributed by atoms with Crippen LogP contribution in [-0.4, -0.2) is 30.6 Å². The van der Waals surface area contributed by atoms with Crippen molar-refractivity contribution >= 4 is 27.5 Å². The maximum Gasteiger partial charge on any atom is 0.197 e. The monoisotopic (exact) mass is 540 g/mol. The molecule has 0 saturated carbocycles. The van der Waals surface area contributed by atoms with Gasteiger partial charge in [0.1, 0.15) is 62.2 Å². The van der Waals surface area contributed by atoms with Gasteiger partial charge in [-0.1, -0.05) is 6.08 Å². The van der Waals surface area contributed by atoms with Crippen LogP contribution in [0, 0.1) is 0 Å². The maximum absolute atomic E-state index is 13.1. The van der Waals surface area contributed by atoms with E-state index in [9.17, 15) is 40.2 Å². The number of aliphatic hydroxyl groups is 1. The van der Waals surface area contributed by atoms with Crippen molar-refractivity contribution in [3.63, 3.8) is 0 Å². The Morgan fingerprint density at radius 3 is 1.65 bits per heavy atom. The molecule has 6 N–H and O–H groups in total. The van der Waals surface area contributed by atoms with E-state index in [4.69, 9.17) is 8.83 Å². The third-order valence-electron chi connectivity index (χ3n) is 6.79. The molecule has 200 valence electrons. The van der Waals surface area contributed by atoms with Gasteiger partial charge in [-0.15, -0.1) is 0 Å². The highest BCUT2D eigenvalue weighted by molar-refractivity contribution is 6.02. The number of hydrogen-bond acceptors (Lipinski definition) is 10. The van der Waals surface area contributed by atoms with E-state index >= 15 is 0 Å². The molecule has 0 bridgehead atoms. The van der Waals surface area contributed by atoms with Crippen LogP contribution in [0.4, 0.5) is 0 Å². The second kappa shape index (κ2) is 8.98. The Morgan fingerprint density at radius 2 is 1.12 bits per heavy atom. The Labute approximate surface area is 223 Å². The number of aliphatic hydroxyl groups excluding tert-OH is 1. The molecule has 2 aromatic heterocycles. The first-order valence-corrected chi connectivity index (χ1v) is 12.1. The fourth-order valence-electron chi connectivity index (χ4n) is 4.83. The molecule has 0 spiro atoms. The van der Waals surface area contributed by atoms with E-state index in [1.165, 1.54) is 30.3 Å². The van der Waals surface area contributed by atoms with Gasteiger partial charge in [0.05, 0.1) is 16.9 Å². The number of allylic oxidation sites excluding steroid dienone is 4. The number of phenols is 5. The molecule has 1 aliphatic rings. The SMILES string of the molecule is O=c1cc(C2=CC=C(O)CC2)oc2cc(O)c(-c3c(O)cc4oc(-c5ccc(O)cc5)cc(=O)c4c3O)c(O)c12. The zero-order valence-corrected chi connectivity index (χ0v) is 20.5. The van der Waals surface area contributed by atoms with Crippen molar-refractivity contribution in [3.8, 4) is 51.2 Å². The van der Waals surface area contributed by atoms with Gasteiger partial charge in [-0.25, -0.2) is 0 Å². The van der Waals surface area contributed by atoms with Gasteiger partial charge in [-0.3, -0.25) is 9.59 Å². The molecule has 10 nitrogen and oxygen atoms in total. The molecule has 0 amide bonds. The molecule has 2 heterocycles. The first kappa shape index (κ1) is 24.7. The zero-order valence-electron chi connectivity index (χ0n) is 20.5. The molecule has 3 aromatic carbocycles. The van der Waals surface area contributed by atoms with Gasteiger partial charge in [0.25, 0.3) is 0 Å². The van der Waals surface area contributed by atoms with Gasteiger partial charge in [0, 0.05) is 36.2 Å². The summed E-state index contributed by atoms with van der Waals surface area (Å²) in [6.45, 7) is 0. The van der Waals surface area contributed by atoms with Crippen molar-refractivity contribution in [3.05, 3.63) is 92.6 Å². The average molecular weight is 540 g/mol. The molecular weight excluding hydrogens is 520 g/mol. The van der Waals surface area contributed by atoms with Crippen molar-refractivity contribution < 1.29 is 39.5 Å². The molecule has 0 radical (unpaired) electrons. The van der Waals surface area contributed by atoms with E-state index in [0.717, 1.165) is 24.3 Å². The zero-order chi connectivity index (χ0) is 28.3. The third kappa shape index (κ3) is 3.90. The van der Waals surface area contributed by atoms with Crippen molar-refractivity contribution in [2.45, 2.75) is 12.8 Å². The minimum atomic E-state index is -0.786. The van der Waals surface area contributed by atoms with Crippen LogP contribution >= 0.6 is 0 Å². The molecule has 0 atom stereocenters. The summed E-state index contributed by atoms with van der Waals surface area (Å²) in [5.41, 5.74) is -1.59. The molecule has 5 aromatic rings. The summed E-state index contributed by atoms with van der Waals surface area (Å²) < 4.78 is 11.5. The summed E-state index contributed by atoms with van der Waals surface area (Å²) in [6, 6.07) is 10.2. The second-order valence-electron chi connectivity index (χ2n) is 9.33. The minimum Gasteiger partial charge on any atom is -0.512 e. The van der Waals surface area contributed by atoms with Crippen LogP contribution in [0.5, 0.6) is 28.7 Å². The number of phenolic OH excluding ortho intramolecular Hbond substituents is 5. The number of aromatic hydroxyl groups is 5. The average Bonchev–Trinajstić information content (AvgIpc) is 2.90. The first-order valence-electron chi connectivity index (χ1n) is 12.1. The van der Waals surface area contributed by atoms with Crippen LogP contribution in [0.25, 0.3) is 50.0 Å². The van der Waals surface area contributed by atoms with Crippen molar-refractivity contribution in [2.75, 3.05) is 0 Å². The van der Waals surface area contributed by atoms with E-state index in [0.29, 0.717) is 24.0 Å². The fourth-order valence-corrected chi connectivity index (χ4v) is 4.83. The maximum atomic E-state index is 13.1. The highest BCUT2D eigenvalue weighted by Gasteiger charge is 2.27. The Hall–Kier alpha value is -5.64. The van der Waals surface area contributed by atoms with Crippen LogP contribution in [0.2, 0.25) is 0 Å². The van der Waals surface area contributed by atoms with Crippen LogP contribution < -0.4 is 10.9 Å². The quantitative estimate of drug-likeness (QED) is 0.174. The molecule has 0 saturated heterocycles. The topological polar surface area (TPSA) is 182 Å². The summed E-state index contributed by atoms with van der Waals surface area (Å²) in [7, 11) is 0. The van der Waals surface area contributed by atoms with E-state index in [1.54, 1.807) is 6.08 Å². The van der Waals surface area contributed by atoms with Crippen LogP contribution in [0.1, 0.15) is 18.6 Å². The molecular formula is C30H20O10. The van der Waals surface area contributed by atoms with Gasteiger partial charge in [0.15, 0.2) is 10.9 Å². The van der Waals surface area contributed by atoms with E-state index in [-0.39, 0.29) is 45.0 Å². The third-order valence-corrected chi connectivity index (χ3v) is 6.79. The number of hydrogen-bond donors (Lipinski definition) is 6. The lowest BCUT2D eigenvalue weighted by molar-refractivity contribution is 0.388. The van der Waals surface area contributed by atoms with E-state index in [1.807, 2.05) is 0 Å². The summed E-state index contributed by atoms with van der Waals surface area (Å²) in [6.07, 6.45) is 3.84. The predicted molar refractivity (Wildman–Crippen MR) is 146 cm³/mol. The predicted octanol–water partition coefficient (Wildman–Crippen LogP) is 5.38. The number of rotatable bonds is 3. The number of benzene rings is 3. The Bertz CT molecular complexity index is 2040. The van der Waals surface area contributed by atoms with Gasteiger partial charge < -0.3 is 39.5 Å². The van der Waals surface area contributed by atoms with E-state index < -0.39 is 45.0 Å². The van der Waals surface area contributed by atoms with Crippen molar-refractivity contribution in [2.24, 2.45) is 0 Å². The largest absolute Gasteiger partial charge is 0.512 e. The lowest BCUT2D eigenvalue weighted by atomic mass is 9.96. The van der Waals surface area contributed by atoms with Gasteiger partial charge in [-0.2, -0.15) is 0 Å². The second-order valence-corrected chi connectivity index (χ2v) is 9.33. The summed E-state index contributed by atoms with van der Waals surface area (Å²) >= 11 is 0. The standard InChI is InChI=1S/C30H20O10/c31-15-5-1-13(2-6-15)21-9-17(33)25-23(39-21)11-19(35)27(29(25)37)28-20(36)12-24-26(30(28)38)18(34)10-22(40-24)14-3-7-16(32)8-4-14/h1-3,5-7,9-12,31-32,35-38H,4,8H2. The van der Waals surface area contributed by atoms with Crippen LogP contribution in [-0.2, 0) is 0 Å². The lowest BCUT2D eigenvalue weighted by Gasteiger charge is -2.15. The molecule has 40 heavy (non-hydrogen) atoms. The lowest BCUT2D eigenvalue weighted by Crippen LogP contribution is -2.05. The highest BCUT2D eigenvalue weighted by atomic mass is 16.3. The molecule has 0 aliphatic heterocycles. The van der Waals surface area contributed by atoms with Crippen molar-refractivity contribution in [1.82, 2.24) is 0 Å². The van der Waals surface area contributed by atoms with Crippen molar-refractivity contribution in [1.29, 1.82) is 0 Å². The van der Waals surface area contributed by atoms with E-state index in [2.05, 4.69) is 0 Å². The Morgan fingerprint density at radius 1 is 0.600 bits per heavy atom. The molecule has 6 rings (SSSR count). The molecule has 0 fully saturated rings. The minimum absolute atomic E-state index is 0.00981. The van der Waals surface area contributed by atoms with Crippen LogP contribution in [0.3, 0.4) is 0 Å². The summed E-state index contributed by atoms with van der Waals surface area (Å²) in [5.74, 6) is -2.37. The van der Waals surface area contributed by atoms with Gasteiger partial charge in [-0.05, 0) is 42.3 Å². The van der Waals surface area contributed by atoms with Crippen LogP contribution in [0.15, 0.2) is 84.9 Å². The fraction of sp³-hybridized carbons (Fsp3) is 0.0667. The first-order chi connectivity index (χ1) is 19.1. The molecule has 0 unspecified atom stereocenters. The summed E-state index contributed by atoms with van der Waals surface area (Å²) in [5, 5.41) is 62.3. The van der Waals surface area contributed by atoms with Gasteiger partial charge >= 0.3 is 0 Å². The molecule has 1 aliphatic carbocycles.